The molecule has 0 atom stereocenters. The quantitative estimate of drug-likeness (QED) is 0.162. The molecule has 9 rings (SSSR count). The van der Waals surface area contributed by atoms with E-state index in [0.29, 0.717) is 0 Å². The Morgan fingerprint density at radius 1 is 0.714 bits per heavy atom. The van der Waals surface area contributed by atoms with Crippen LogP contribution >= 0.6 is 0 Å². The van der Waals surface area contributed by atoms with Crippen molar-refractivity contribution in [1.82, 2.24) is 19.3 Å². The minimum Gasteiger partial charge on any atom is -0.455 e. The SMILES string of the molecule is Cn1ccc(-c2[c-]c(N(c3[c-]c4c(cc3)c3ccccc3n4-c3ccccn3)c3cccc4c3Oc3ccccc3C4(C)C)ccc2)n1.[Pt+2]. The van der Waals surface area contributed by atoms with Gasteiger partial charge >= 0.3 is 21.1 Å². The number of benzene rings is 5. The third kappa shape index (κ3) is 4.98. The molecule has 6 nitrogen and oxygen atoms in total. The summed E-state index contributed by atoms with van der Waals surface area (Å²) >= 11 is 0. The van der Waals surface area contributed by atoms with Crippen LogP contribution in [0.1, 0.15) is 25.0 Å². The van der Waals surface area contributed by atoms with Crippen LogP contribution in [0.4, 0.5) is 17.1 Å². The molecule has 1 aliphatic rings. The van der Waals surface area contributed by atoms with E-state index in [2.05, 4.69) is 125 Å². The fourth-order valence-electron chi connectivity index (χ4n) is 7.05. The minimum absolute atomic E-state index is 0. The third-order valence-corrected chi connectivity index (χ3v) is 9.38. The largest absolute Gasteiger partial charge is 2.00 e. The van der Waals surface area contributed by atoms with E-state index < -0.39 is 0 Å². The summed E-state index contributed by atoms with van der Waals surface area (Å²) in [5.41, 5.74) is 8.39. The molecule has 0 fully saturated rings. The maximum atomic E-state index is 6.81. The molecule has 0 spiro atoms. The van der Waals surface area contributed by atoms with Gasteiger partial charge in [-0.25, -0.2) is 10.1 Å². The first-order chi connectivity index (χ1) is 23.5. The topological polar surface area (TPSA) is 48.1 Å². The zero-order valence-electron chi connectivity index (χ0n) is 27.2. The third-order valence-electron chi connectivity index (χ3n) is 9.38. The fraction of sp³-hybridized carbons (Fsp3) is 0.0952. The Hall–Kier alpha value is -5.45. The van der Waals surface area contributed by atoms with E-state index in [1.807, 2.05) is 60.5 Å². The number of aromatic nitrogens is 4. The monoisotopic (exact) mass is 816 g/mol. The van der Waals surface area contributed by atoms with Crippen LogP contribution in [0.25, 0.3) is 38.9 Å². The number of aryl methyl sites for hydroxylation is 1. The van der Waals surface area contributed by atoms with Crippen LogP contribution in [0.3, 0.4) is 0 Å². The van der Waals surface area contributed by atoms with Gasteiger partial charge in [0.2, 0.25) is 0 Å². The van der Waals surface area contributed by atoms with E-state index in [1.54, 1.807) is 0 Å². The van der Waals surface area contributed by atoms with Crippen LogP contribution in [0.15, 0.2) is 134 Å². The Labute approximate surface area is 299 Å². The number of anilines is 3. The number of rotatable bonds is 5. The van der Waals surface area contributed by atoms with Crippen LogP contribution in [0.2, 0.25) is 0 Å². The van der Waals surface area contributed by atoms with E-state index in [9.17, 15) is 0 Å². The van der Waals surface area contributed by atoms with Crippen molar-refractivity contribution < 1.29 is 25.8 Å². The van der Waals surface area contributed by atoms with Crippen LogP contribution in [0.5, 0.6) is 11.5 Å². The van der Waals surface area contributed by atoms with Crippen molar-refractivity contribution in [2.24, 2.45) is 7.05 Å². The first-order valence-corrected chi connectivity index (χ1v) is 16.1. The van der Waals surface area contributed by atoms with Gasteiger partial charge in [0.1, 0.15) is 11.6 Å². The second-order valence-electron chi connectivity index (χ2n) is 12.7. The molecule has 0 amide bonds. The molecule has 49 heavy (non-hydrogen) atoms. The van der Waals surface area contributed by atoms with Crippen LogP contribution in [-0.2, 0) is 33.5 Å². The zero-order valence-corrected chi connectivity index (χ0v) is 29.4. The average molecular weight is 817 g/mol. The van der Waals surface area contributed by atoms with Gasteiger partial charge in [-0.1, -0.05) is 85.7 Å². The molecule has 0 bridgehead atoms. The van der Waals surface area contributed by atoms with Gasteiger partial charge in [-0.2, -0.15) is 6.07 Å². The molecule has 0 saturated heterocycles. The summed E-state index contributed by atoms with van der Waals surface area (Å²) in [5.74, 6) is 2.52. The Morgan fingerprint density at radius 2 is 1.49 bits per heavy atom. The van der Waals surface area contributed by atoms with E-state index in [1.165, 1.54) is 0 Å². The molecule has 0 radical (unpaired) electrons. The normalized spacial score (nSPS) is 13.0. The predicted octanol–water partition coefficient (Wildman–Crippen LogP) is 10.1. The summed E-state index contributed by atoms with van der Waals surface area (Å²) in [7, 11) is 1.93. The first kappa shape index (κ1) is 30.9. The number of para-hydroxylation sites is 3. The van der Waals surface area contributed by atoms with Gasteiger partial charge in [-0.3, -0.25) is 4.68 Å². The number of nitrogens with zero attached hydrogens (tertiary/aromatic N) is 5. The number of ether oxygens (including phenoxy) is 1. The smallest absolute Gasteiger partial charge is 0.455 e. The maximum Gasteiger partial charge on any atom is 2.00 e. The number of hydrogen-bond donors (Lipinski definition) is 0. The number of hydrogen-bond acceptors (Lipinski definition) is 4. The van der Waals surface area contributed by atoms with Gasteiger partial charge in [0.25, 0.3) is 0 Å². The summed E-state index contributed by atoms with van der Waals surface area (Å²) in [6.07, 6.45) is 3.78. The number of fused-ring (bicyclic) bond motifs is 5. The van der Waals surface area contributed by atoms with Gasteiger partial charge < -0.3 is 14.2 Å². The van der Waals surface area contributed by atoms with Crippen LogP contribution in [0, 0.1) is 12.1 Å². The Kier molecular flexibility index (Phi) is 7.50. The fourth-order valence-corrected chi connectivity index (χ4v) is 7.05. The molecule has 8 aromatic rings. The van der Waals surface area contributed by atoms with Crippen molar-refractivity contribution in [2.45, 2.75) is 19.3 Å². The Balaban J connectivity index is 0.00000348. The van der Waals surface area contributed by atoms with Crippen molar-refractivity contribution in [3.8, 4) is 28.6 Å². The molecule has 0 aliphatic carbocycles. The van der Waals surface area contributed by atoms with E-state index in [-0.39, 0.29) is 26.5 Å². The average Bonchev–Trinajstić information content (AvgIpc) is 3.70. The Morgan fingerprint density at radius 3 is 2.33 bits per heavy atom. The summed E-state index contributed by atoms with van der Waals surface area (Å²) in [4.78, 5) is 6.95. The van der Waals surface area contributed by atoms with Gasteiger partial charge in [0, 0.05) is 47.2 Å². The van der Waals surface area contributed by atoms with Crippen LogP contribution in [-0.4, -0.2) is 19.3 Å². The van der Waals surface area contributed by atoms with Crippen molar-refractivity contribution >= 4 is 38.9 Å². The van der Waals surface area contributed by atoms with E-state index >= 15 is 0 Å². The van der Waals surface area contributed by atoms with Crippen LogP contribution < -0.4 is 9.64 Å². The molecule has 4 heterocycles. The van der Waals surface area contributed by atoms with Crippen molar-refractivity contribution in [3.63, 3.8) is 0 Å². The summed E-state index contributed by atoms with van der Waals surface area (Å²) < 4.78 is 10.8. The summed E-state index contributed by atoms with van der Waals surface area (Å²) in [6, 6.07) is 49.2. The molecule has 1 aliphatic heterocycles. The molecule has 5 aromatic carbocycles. The van der Waals surface area contributed by atoms with Gasteiger partial charge in [0.15, 0.2) is 5.75 Å². The second-order valence-corrected chi connectivity index (χ2v) is 12.7. The van der Waals surface area contributed by atoms with Gasteiger partial charge in [0.05, 0.1) is 5.69 Å². The molecule has 7 heteroatoms. The maximum absolute atomic E-state index is 6.81. The van der Waals surface area contributed by atoms with E-state index in [4.69, 9.17) is 9.72 Å². The minimum atomic E-state index is -0.273. The zero-order chi connectivity index (χ0) is 32.4. The predicted molar refractivity (Wildman–Crippen MR) is 192 cm³/mol. The Bertz CT molecular complexity index is 2500. The van der Waals surface area contributed by atoms with Gasteiger partial charge in [-0.05, 0) is 41.4 Å². The van der Waals surface area contributed by atoms with E-state index in [0.717, 1.165) is 78.6 Å². The van der Waals surface area contributed by atoms with Crippen molar-refractivity contribution in [2.75, 3.05) is 4.90 Å². The molecule has 240 valence electrons. The molecule has 3 aromatic heterocycles. The van der Waals surface area contributed by atoms with Crippen molar-refractivity contribution in [1.29, 1.82) is 0 Å². The molecular weight excluding hydrogens is 786 g/mol. The number of pyridine rings is 1. The summed E-state index contributed by atoms with van der Waals surface area (Å²) in [6.45, 7) is 4.53. The van der Waals surface area contributed by atoms with Gasteiger partial charge in [-0.15, -0.1) is 47.3 Å². The molecule has 0 unspecified atom stereocenters. The second kappa shape index (κ2) is 11.9. The molecular formula is C42H31N5OPt. The standard InChI is InChI=1S/C42H31N5O.Pt/c1-42(2)33-15-5-7-19-39(33)48-41-34(42)16-11-18-37(41)46(29-13-10-12-28(26-29)35-23-25-45(3)44-35)30-21-22-32-31-14-4-6-17-36(31)47(38(32)27-30)40-20-8-9-24-43-40;/h4-25H,1-3H3;/q-2;+2. The summed E-state index contributed by atoms with van der Waals surface area (Å²) in [5, 5.41) is 6.93. The first-order valence-electron chi connectivity index (χ1n) is 16.1. The molecule has 0 saturated carbocycles. The molecule has 0 N–H and O–H groups in total. The van der Waals surface area contributed by atoms with Crippen molar-refractivity contribution in [3.05, 3.63) is 157 Å².